The first-order chi connectivity index (χ1) is 21.0. The van der Waals surface area contributed by atoms with Crippen LogP contribution in [0.1, 0.15) is 72.0 Å². The van der Waals surface area contributed by atoms with Gasteiger partial charge in [0.15, 0.2) is 34.7 Å². The Morgan fingerprint density at radius 3 is 2.29 bits per heavy atom. The highest BCUT2D eigenvalue weighted by atomic mass is 19.4. The van der Waals surface area contributed by atoms with Gasteiger partial charge in [-0.1, -0.05) is 32.1 Å². The number of primary amides is 1. The Morgan fingerprint density at radius 2 is 1.71 bits per heavy atom. The van der Waals surface area contributed by atoms with Gasteiger partial charge >= 0.3 is 6.18 Å². The maximum absolute atomic E-state index is 14.8. The number of alkyl halides is 3. The number of ketones is 4. The number of carbonyl (C=O) groups excluding carboxylic acids is 5. The monoisotopic (exact) mass is 635 g/mol. The van der Waals surface area contributed by atoms with E-state index in [1.807, 2.05) is 0 Å². The Bertz CT molecular complexity index is 1440. The minimum absolute atomic E-state index is 0.133. The topological polar surface area (TPSA) is 158 Å². The third-order valence-electron chi connectivity index (χ3n) is 10.5. The van der Waals surface area contributed by atoms with Gasteiger partial charge in [0, 0.05) is 12.5 Å². The summed E-state index contributed by atoms with van der Waals surface area (Å²) in [5.74, 6) is -12.8. The molecule has 1 aromatic rings. The van der Waals surface area contributed by atoms with Crippen LogP contribution < -0.4 is 5.73 Å². The van der Waals surface area contributed by atoms with E-state index in [0.29, 0.717) is 12.5 Å². The number of phenols is 1. The lowest BCUT2D eigenvalue weighted by Crippen LogP contribution is -2.74. The van der Waals surface area contributed by atoms with Crippen molar-refractivity contribution in [1.29, 1.82) is 0 Å². The van der Waals surface area contributed by atoms with Gasteiger partial charge < -0.3 is 20.8 Å². The summed E-state index contributed by atoms with van der Waals surface area (Å²) in [7, 11) is 4.58. The van der Waals surface area contributed by atoms with Crippen molar-refractivity contribution in [2.75, 3.05) is 27.7 Å². The molecule has 0 heterocycles. The Hall–Kier alpha value is -3.16. The molecule has 1 aromatic carbocycles. The van der Waals surface area contributed by atoms with Gasteiger partial charge in [0.05, 0.1) is 23.1 Å². The van der Waals surface area contributed by atoms with Gasteiger partial charge in [0.25, 0.3) is 0 Å². The Balaban J connectivity index is 1.54. The van der Waals surface area contributed by atoms with E-state index in [4.69, 9.17) is 5.73 Å². The van der Waals surface area contributed by atoms with Crippen LogP contribution in [0.15, 0.2) is 6.07 Å². The molecule has 4 N–H and O–H groups in total. The molecule has 4 aliphatic carbocycles. The van der Waals surface area contributed by atoms with E-state index in [-0.39, 0.29) is 18.5 Å². The van der Waals surface area contributed by atoms with Crippen molar-refractivity contribution in [1.82, 2.24) is 9.80 Å². The molecule has 5 rings (SSSR count). The number of fused-ring (bicyclic) bond motifs is 3. The summed E-state index contributed by atoms with van der Waals surface area (Å²) in [5.41, 5.74) is 0.0158. The second-order valence-corrected chi connectivity index (χ2v) is 13.6. The number of amides is 1. The van der Waals surface area contributed by atoms with E-state index in [2.05, 4.69) is 0 Å². The summed E-state index contributed by atoms with van der Waals surface area (Å²) >= 11 is 0. The van der Waals surface area contributed by atoms with Crippen molar-refractivity contribution in [3.63, 3.8) is 0 Å². The molecule has 3 saturated carbocycles. The number of rotatable bonds is 7. The number of likely N-dealkylation sites (N-methyl/N-ethyl adjacent to an activating group) is 1. The molecule has 0 radical (unpaired) electrons. The highest BCUT2D eigenvalue weighted by Crippen LogP contribution is 2.52. The zero-order valence-electron chi connectivity index (χ0n) is 25.7. The molecule has 0 bridgehead atoms. The van der Waals surface area contributed by atoms with Gasteiger partial charge in [-0.25, -0.2) is 0 Å². The third-order valence-corrected chi connectivity index (χ3v) is 10.5. The van der Waals surface area contributed by atoms with Crippen LogP contribution in [-0.4, -0.2) is 88.4 Å². The molecule has 3 fully saturated rings. The van der Waals surface area contributed by atoms with Crippen molar-refractivity contribution in [3.05, 3.63) is 28.3 Å². The molecule has 1 amide bonds. The van der Waals surface area contributed by atoms with Crippen LogP contribution in [0.5, 0.6) is 5.75 Å². The average molecular weight is 636 g/mol. The SMILES string of the molecule is CN(CCC1CCCCC1)Cc1cc(O)c2c(c1C(F)(F)F)C[C@H]1C[C@H]3[C@H](N(C)C)C(=O)C(C(N)=O)C(=O)[C@@]3(O)C(=O)C1C2=O. The number of nitrogens with two attached hydrogens (primary N) is 1. The number of carbonyl (C=O) groups is 5. The zero-order chi connectivity index (χ0) is 33.2. The van der Waals surface area contributed by atoms with Crippen molar-refractivity contribution < 1.29 is 47.4 Å². The first kappa shape index (κ1) is 33.2. The van der Waals surface area contributed by atoms with Crippen molar-refractivity contribution in [3.8, 4) is 5.75 Å². The molecule has 45 heavy (non-hydrogen) atoms. The number of hydrogen-bond acceptors (Lipinski definition) is 9. The van der Waals surface area contributed by atoms with Crippen LogP contribution in [0.4, 0.5) is 13.2 Å². The molecule has 0 spiro atoms. The van der Waals surface area contributed by atoms with Crippen LogP contribution in [-0.2, 0) is 38.3 Å². The summed E-state index contributed by atoms with van der Waals surface area (Å²) in [5, 5.41) is 22.6. The summed E-state index contributed by atoms with van der Waals surface area (Å²) in [4.78, 5) is 69.6. The van der Waals surface area contributed by atoms with E-state index in [1.165, 1.54) is 25.4 Å². The first-order valence-corrected chi connectivity index (χ1v) is 15.5. The maximum atomic E-state index is 14.8. The first-order valence-electron chi connectivity index (χ1n) is 15.5. The minimum Gasteiger partial charge on any atom is -0.507 e. The molecule has 4 aliphatic rings. The fraction of sp³-hybridized carbons (Fsp3) is 0.656. The second-order valence-electron chi connectivity index (χ2n) is 13.6. The van der Waals surface area contributed by atoms with Gasteiger partial charge in [-0.05, 0) is 76.0 Å². The summed E-state index contributed by atoms with van der Waals surface area (Å²) < 4.78 is 44.4. The minimum atomic E-state index is -4.90. The summed E-state index contributed by atoms with van der Waals surface area (Å²) in [6, 6.07) is -0.427. The molecule has 2 unspecified atom stereocenters. The van der Waals surface area contributed by atoms with Crippen LogP contribution in [0.2, 0.25) is 0 Å². The predicted octanol–water partition coefficient (Wildman–Crippen LogP) is 2.29. The fourth-order valence-corrected chi connectivity index (χ4v) is 8.47. The molecule has 246 valence electrons. The number of phenolic OH excluding ortho intramolecular Hbond substituents is 1. The van der Waals surface area contributed by atoms with E-state index in [1.54, 1.807) is 11.9 Å². The number of Topliss-reactive ketones (excluding diaryl/α,β-unsaturated/α-hetero) is 4. The molecule has 13 heteroatoms. The van der Waals surface area contributed by atoms with E-state index in [0.717, 1.165) is 38.2 Å². The van der Waals surface area contributed by atoms with Gasteiger partial charge in [-0.15, -0.1) is 0 Å². The summed E-state index contributed by atoms with van der Waals surface area (Å²) in [6.45, 7) is 0.421. The quantitative estimate of drug-likeness (QED) is 0.382. The summed E-state index contributed by atoms with van der Waals surface area (Å²) in [6.07, 6.45) is 0.828. The fourth-order valence-electron chi connectivity index (χ4n) is 8.47. The van der Waals surface area contributed by atoms with E-state index in [9.17, 15) is 47.4 Å². The predicted molar refractivity (Wildman–Crippen MR) is 154 cm³/mol. The Morgan fingerprint density at radius 1 is 1.07 bits per heavy atom. The van der Waals surface area contributed by atoms with Gasteiger partial charge in [0.2, 0.25) is 5.91 Å². The van der Waals surface area contributed by atoms with Crippen molar-refractivity contribution >= 4 is 29.0 Å². The van der Waals surface area contributed by atoms with Gasteiger partial charge in [0.1, 0.15) is 5.75 Å². The third kappa shape index (κ3) is 5.50. The number of aliphatic hydroxyl groups is 1. The Labute approximate surface area is 259 Å². The standard InChI is InChI=1S/C32H40F3N3O7/c1-37(2)25-19-12-16-11-18-22(26(40)21(16)28(42)31(19,45)29(43)23(27(25)41)30(36)44)20(39)13-17(24(18)32(33,34)35)14-38(3)10-9-15-7-5-4-6-8-15/h13,15-16,19,21,23,25,39,45H,4-12,14H2,1-3H3,(H2,36,44)/t16-,19-,21?,23?,25-,31-/m0/s1. The Kier molecular flexibility index (Phi) is 8.77. The highest BCUT2D eigenvalue weighted by molar-refractivity contribution is 6.32. The number of hydrogen-bond donors (Lipinski definition) is 3. The molecule has 10 nitrogen and oxygen atoms in total. The second kappa shape index (κ2) is 11.9. The lowest BCUT2D eigenvalue weighted by Gasteiger charge is -2.52. The average Bonchev–Trinajstić information content (AvgIpc) is 2.93. The number of halogens is 3. The molecule has 0 aromatic heterocycles. The molecule has 0 saturated heterocycles. The van der Waals surface area contributed by atoms with Gasteiger partial charge in [-0.3, -0.25) is 28.9 Å². The van der Waals surface area contributed by atoms with Crippen LogP contribution in [0.3, 0.4) is 0 Å². The number of nitrogens with zero attached hydrogens (tertiary/aromatic N) is 2. The highest BCUT2D eigenvalue weighted by Gasteiger charge is 2.69. The van der Waals surface area contributed by atoms with Crippen LogP contribution >= 0.6 is 0 Å². The lowest BCUT2D eigenvalue weighted by molar-refractivity contribution is -0.181. The van der Waals surface area contributed by atoms with Crippen molar-refractivity contribution in [2.45, 2.75) is 75.7 Å². The normalized spacial score (nSPS) is 30.8. The van der Waals surface area contributed by atoms with E-state index < -0.39 is 99.4 Å². The maximum Gasteiger partial charge on any atom is 0.417 e. The van der Waals surface area contributed by atoms with Gasteiger partial charge in [-0.2, -0.15) is 13.2 Å². The van der Waals surface area contributed by atoms with E-state index >= 15 is 0 Å². The lowest BCUT2D eigenvalue weighted by atomic mass is 9.52. The zero-order valence-corrected chi connectivity index (χ0v) is 25.7. The van der Waals surface area contributed by atoms with Crippen LogP contribution in [0, 0.1) is 29.6 Å². The molecular weight excluding hydrogens is 595 g/mol. The smallest absolute Gasteiger partial charge is 0.417 e. The number of aromatic hydroxyl groups is 1. The molecule has 6 atom stereocenters. The molecular formula is C32H40F3N3O7. The van der Waals surface area contributed by atoms with Crippen molar-refractivity contribution in [2.24, 2.45) is 35.3 Å². The molecule has 0 aliphatic heterocycles. The number of benzene rings is 1. The largest absolute Gasteiger partial charge is 0.507 e. The van der Waals surface area contributed by atoms with Crippen LogP contribution in [0.25, 0.3) is 0 Å².